The van der Waals surface area contributed by atoms with E-state index in [4.69, 9.17) is 0 Å². The Morgan fingerprint density at radius 3 is 2.60 bits per heavy atom. The average molecular weight is 405 g/mol. The summed E-state index contributed by atoms with van der Waals surface area (Å²) in [6, 6.07) is 11.1. The van der Waals surface area contributed by atoms with E-state index in [1.165, 1.54) is 11.3 Å². The van der Waals surface area contributed by atoms with Crippen molar-refractivity contribution in [2.45, 2.75) is 36.5 Å². The van der Waals surface area contributed by atoms with Crippen LogP contribution in [0, 0.1) is 5.92 Å². The van der Waals surface area contributed by atoms with E-state index < -0.39 is 0 Å². The molecule has 0 aromatic heterocycles. The molecule has 2 rings (SSSR count). The average Bonchev–Trinajstić information content (AvgIpc) is 3.11. The van der Waals surface area contributed by atoms with Gasteiger partial charge in [-0.05, 0) is 24.5 Å². The molecule has 1 fully saturated rings. The van der Waals surface area contributed by atoms with E-state index in [-0.39, 0.29) is 24.0 Å². The first-order valence-electron chi connectivity index (χ1n) is 6.88. The standard InChI is InChI=1S/C15H23N3S.HI/c1-11-9-14(11)18-15(16-3)17-10-12(2)19-13-7-5-4-6-8-13;/h4-8,11-12,14H,9-10H2,1-3H3,(H2,16,17,18);1H. The number of nitrogens with one attached hydrogen (secondary N) is 2. The molecule has 3 unspecified atom stereocenters. The van der Waals surface area contributed by atoms with Crippen molar-refractivity contribution in [3.05, 3.63) is 30.3 Å². The number of thioether (sulfide) groups is 1. The molecule has 3 nitrogen and oxygen atoms in total. The Labute approximate surface area is 143 Å². The van der Waals surface area contributed by atoms with Crippen LogP contribution < -0.4 is 10.6 Å². The number of benzene rings is 1. The van der Waals surface area contributed by atoms with Crippen LogP contribution in [0.5, 0.6) is 0 Å². The first kappa shape index (κ1) is 17.6. The summed E-state index contributed by atoms with van der Waals surface area (Å²) < 4.78 is 0. The zero-order valence-electron chi connectivity index (χ0n) is 12.3. The summed E-state index contributed by atoms with van der Waals surface area (Å²) in [5.74, 6) is 1.71. The van der Waals surface area contributed by atoms with E-state index >= 15 is 0 Å². The third kappa shape index (κ3) is 5.91. The highest BCUT2D eigenvalue weighted by Gasteiger charge is 2.33. The molecule has 3 atom stereocenters. The second kappa shape index (κ2) is 8.77. The number of aliphatic imine (C=N–C) groups is 1. The Morgan fingerprint density at radius 1 is 1.40 bits per heavy atom. The molecule has 112 valence electrons. The summed E-state index contributed by atoms with van der Waals surface area (Å²) in [6.45, 7) is 5.41. The molecular formula is C15H24IN3S. The van der Waals surface area contributed by atoms with Crippen LogP contribution in [0.15, 0.2) is 40.2 Å². The Morgan fingerprint density at radius 2 is 2.05 bits per heavy atom. The summed E-state index contributed by atoms with van der Waals surface area (Å²) in [4.78, 5) is 5.58. The van der Waals surface area contributed by atoms with Gasteiger partial charge in [-0.1, -0.05) is 32.0 Å². The van der Waals surface area contributed by atoms with Crippen LogP contribution in [-0.2, 0) is 0 Å². The lowest BCUT2D eigenvalue weighted by molar-refractivity contribution is 0.756. The third-order valence-electron chi connectivity index (χ3n) is 3.29. The van der Waals surface area contributed by atoms with Gasteiger partial charge in [-0.2, -0.15) is 0 Å². The Hall–Kier alpha value is -0.430. The van der Waals surface area contributed by atoms with Gasteiger partial charge in [0.1, 0.15) is 0 Å². The third-order valence-corrected chi connectivity index (χ3v) is 4.41. The Bertz CT molecular complexity index is 424. The summed E-state index contributed by atoms with van der Waals surface area (Å²) in [7, 11) is 1.83. The first-order chi connectivity index (χ1) is 9.19. The molecule has 1 aliphatic carbocycles. The van der Waals surface area contributed by atoms with Crippen molar-refractivity contribution in [2.75, 3.05) is 13.6 Å². The molecule has 1 aliphatic rings. The van der Waals surface area contributed by atoms with Crippen molar-refractivity contribution in [1.82, 2.24) is 10.6 Å². The maximum atomic E-state index is 4.27. The van der Waals surface area contributed by atoms with Gasteiger partial charge in [0.05, 0.1) is 0 Å². The van der Waals surface area contributed by atoms with E-state index in [1.807, 2.05) is 18.8 Å². The monoisotopic (exact) mass is 405 g/mol. The van der Waals surface area contributed by atoms with Gasteiger partial charge in [-0.25, -0.2) is 0 Å². The van der Waals surface area contributed by atoms with Gasteiger partial charge < -0.3 is 10.6 Å². The quantitative estimate of drug-likeness (QED) is 0.342. The second-order valence-electron chi connectivity index (χ2n) is 5.16. The SMILES string of the molecule is CN=C(NCC(C)Sc1ccccc1)NC1CC1C.I. The highest BCUT2D eigenvalue weighted by molar-refractivity contribution is 14.0. The van der Waals surface area contributed by atoms with E-state index in [0.29, 0.717) is 11.3 Å². The van der Waals surface area contributed by atoms with Crippen LogP contribution in [0.2, 0.25) is 0 Å². The number of halogens is 1. The molecule has 0 amide bonds. The number of hydrogen-bond donors (Lipinski definition) is 2. The van der Waals surface area contributed by atoms with Crippen LogP contribution in [0.25, 0.3) is 0 Å². The number of rotatable bonds is 5. The van der Waals surface area contributed by atoms with Gasteiger partial charge >= 0.3 is 0 Å². The van der Waals surface area contributed by atoms with Gasteiger partial charge in [0, 0.05) is 29.8 Å². The van der Waals surface area contributed by atoms with Crippen molar-refractivity contribution in [2.24, 2.45) is 10.9 Å². The Balaban J connectivity index is 0.00000200. The van der Waals surface area contributed by atoms with Gasteiger partial charge in [0.2, 0.25) is 0 Å². The zero-order valence-corrected chi connectivity index (χ0v) is 15.4. The molecular weight excluding hydrogens is 381 g/mol. The molecule has 20 heavy (non-hydrogen) atoms. The van der Waals surface area contributed by atoms with Crippen molar-refractivity contribution in [3.8, 4) is 0 Å². The van der Waals surface area contributed by atoms with Crippen LogP contribution in [0.1, 0.15) is 20.3 Å². The molecule has 0 radical (unpaired) electrons. The van der Waals surface area contributed by atoms with E-state index in [9.17, 15) is 0 Å². The van der Waals surface area contributed by atoms with E-state index in [1.54, 1.807) is 0 Å². The largest absolute Gasteiger partial charge is 0.355 e. The lowest BCUT2D eigenvalue weighted by atomic mass is 10.4. The minimum atomic E-state index is 0. The maximum Gasteiger partial charge on any atom is 0.191 e. The summed E-state index contributed by atoms with van der Waals surface area (Å²) in [5.41, 5.74) is 0. The van der Waals surface area contributed by atoms with Gasteiger partial charge in [0.25, 0.3) is 0 Å². The second-order valence-corrected chi connectivity index (χ2v) is 6.67. The molecule has 1 saturated carbocycles. The zero-order chi connectivity index (χ0) is 13.7. The molecule has 0 aliphatic heterocycles. The summed E-state index contributed by atoms with van der Waals surface area (Å²) in [6.07, 6.45) is 1.26. The van der Waals surface area contributed by atoms with E-state index in [2.05, 4.69) is 59.8 Å². The predicted octanol–water partition coefficient (Wildman–Crippen LogP) is 3.36. The van der Waals surface area contributed by atoms with Crippen LogP contribution >= 0.6 is 35.7 Å². The van der Waals surface area contributed by atoms with Crippen LogP contribution in [0.3, 0.4) is 0 Å². The molecule has 1 aromatic rings. The molecule has 2 N–H and O–H groups in total. The van der Waals surface area contributed by atoms with Crippen LogP contribution in [0.4, 0.5) is 0 Å². The normalized spacial score (nSPS) is 22.6. The predicted molar refractivity (Wildman–Crippen MR) is 99.2 cm³/mol. The molecule has 0 saturated heterocycles. The van der Waals surface area contributed by atoms with E-state index in [0.717, 1.165) is 18.4 Å². The number of hydrogen-bond acceptors (Lipinski definition) is 2. The molecule has 0 bridgehead atoms. The summed E-state index contributed by atoms with van der Waals surface area (Å²) >= 11 is 1.89. The Kier molecular flexibility index (Phi) is 7.72. The number of guanidine groups is 1. The van der Waals surface area contributed by atoms with Crippen molar-refractivity contribution in [3.63, 3.8) is 0 Å². The molecule has 1 aromatic carbocycles. The fourth-order valence-electron chi connectivity index (χ4n) is 1.91. The summed E-state index contributed by atoms with van der Waals surface area (Å²) in [5, 5.41) is 7.35. The fraction of sp³-hybridized carbons (Fsp3) is 0.533. The van der Waals surface area contributed by atoms with Gasteiger partial charge in [-0.15, -0.1) is 35.7 Å². The fourth-order valence-corrected chi connectivity index (χ4v) is 2.85. The van der Waals surface area contributed by atoms with Crippen molar-refractivity contribution < 1.29 is 0 Å². The lowest BCUT2D eigenvalue weighted by Crippen LogP contribution is -2.41. The topological polar surface area (TPSA) is 36.4 Å². The molecule has 0 spiro atoms. The first-order valence-corrected chi connectivity index (χ1v) is 7.76. The highest BCUT2D eigenvalue weighted by atomic mass is 127. The molecule has 5 heteroatoms. The lowest BCUT2D eigenvalue weighted by Gasteiger charge is -2.15. The van der Waals surface area contributed by atoms with Gasteiger partial charge in [-0.3, -0.25) is 4.99 Å². The smallest absolute Gasteiger partial charge is 0.191 e. The highest BCUT2D eigenvalue weighted by Crippen LogP contribution is 2.28. The van der Waals surface area contributed by atoms with Crippen molar-refractivity contribution >= 4 is 41.7 Å². The minimum absolute atomic E-state index is 0. The molecule has 0 heterocycles. The maximum absolute atomic E-state index is 4.27. The van der Waals surface area contributed by atoms with Gasteiger partial charge in [0.15, 0.2) is 5.96 Å². The minimum Gasteiger partial charge on any atom is -0.355 e. The van der Waals surface area contributed by atoms with Crippen molar-refractivity contribution in [1.29, 1.82) is 0 Å². The number of nitrogens with zero attached hydrogens (tertiary/aromatic N) is 1. The van der Waals surface area contributed by atoms with Crippen LogP contribution in [-0.4, -0.2) is 30.8 Å².